The third-order valence-electron chi connectivity index (χ3n) is 3.75. The average molecular weight is 283 g/mol. The van der Waals surface area contributed by atoms with E-state index in [2.05, 4.69) is 40.4 Å². The van der Waals surface area contributed by atoms with E-state index in [1.54, 1.807) is 0 Å². The highest BCUT2D eigenvalue weighted by atomic mass is 16.5. The first-order chi connectivity index (χ1) is 10.3. The zero-order chi connectivity index (χ0) is 14.7. The van der Waals surface area contributed by atoms with Gasteiger partial charge in [-0.3, -0.25) is 0 Å². The summed E-state index contributed by atoms with van der Waals surface area (Å²) in [5.74, 6) is 1.83. The van der Waals surface area contributed by atoms with E-state index in [0.717, 1.165) is 43.3 Å². The van der Waals surface area contributed by atoms with Crippen LogP contribution in [0.15, 0.2) is 30.5 Å². The Morgan fingerprint density at radius 2 is 2.24 bits per heavy atom. The molecule has 1 aromatic carbocycles. The maximum absolute atomic E-state index is 5.86. The van der Waals surface area contributed by atoms with Crippen molar-refractivity contribution in [3.63, 3.8) is 0 Å². The molecule has 1 aliphatic heterocycles. The van der Waals surface area contributed by atoms with Gasteiger partial charge in [0.25, 0.3) is 0 Å². The summed E-state index contributed by atoms with van der Waals surface area (Å²) in [4.78, 5) is 8.80. The second-order valence-corrected chi connectivity index (χ2v) is 5.35. The van der Waals surface area contributed by atoms with Gasteiger partial charge in [-0.15, -0.1) is 0 Å². The molecule has 4 heteroatoms. The van der Waals surface area contributed by atoms with Crippen molar-refractivity contribution in [3.8, 4) is 5.75 Å². The van der Waals surface area contributed by atoms with Crippen molar-refractivity contribution in [2.24, 2.45) is 0 Å². The molecule has 2 aromatic rings. The Morgan fingerprint density at radius 3 is 3.05 bits per heavy atom. The van der Waals surface area contributed by atoms with Crippen molar-refractivity contribution >= 4 is 0 Å². The first-order valence-corrected chi connectivity index (χ1v) is 7.57. The van der Waals surface area contributed by atoms with Gasteiger partial charge < -0.3 is 10.1 Å². The summed E-state index contributed by atoms with van der Waals surface area (Å²) >= 11 is 0. The van der Waals surface area contributed by atoms with Gasteiger partial charge in [-0.2, -0.15) is 0 Å². The van der Waals surface area contributed by atoms with Crippen LogP contribution in [0.3, 0.4) is 0 Å². The summed E-state index contributed by atoms with van der Waals surface area (Å²) in [6.07, 6.45) is 3.89. The van der Waals surface area contributed by atoms with Crippen molar-refractivity contribution in [1.29, 1.82) is 0 Å². The molecular formula is C17H21N3O. The summed E-state index contributed by atoms with van der Waals surface area (Å²) < 4.78 is 5.86. The van der Waals surface area contributed by atoms with E-state index in [4.69, 9.17) is 4.74 Å². The Morgan fingerprint density at radius 1 is 1.33 bits per heavy atom. The van der Waals surface area contributed by atoms with Crippen molar-refractivity contribution in [2.45, 2.75) is 32.7 Å². The number of nitrogens with one attached hydrogen (secondary N) is 1. The van der Waals surface area contributed by atoms with Gasteiger partial charge in [0.1, 0.15) is 11.6 Å². The molecule has 1 N–H and O–H groups in total. The summed E-state index contributed by atoms with van der Waals surface area (Å²) in [5.41, 5.74) is 3.47. The Hall–Kier alpha value is -1.94. The zero-order valence-electron chi connectivity index (χ0n) is 12.6. The van der Waals surface area contributed by atoms with E-state index in [9.17, 15) is 0 Å². The van der Waals surface area contributed by atoms with E-state index in [1.807, 2.05) is 19.2 Å². The van der Waals surface area contributed by atoms with Crippen LogP contribution in [-0.2, 0) is 6.42 Å². The molecule has 2 heterocycles. The highest BCUT2D eigenvalue weighted by Crippen LogP contribution is 2.35. The normalized spacial score (nSPS) is 14.6. The third kappa shape index (κ3) is 2.90. The molecule has 0 aliphatic carbocycles. The minimum Gasteiger partial charge on any atom is -0.493 e. The Balaban J connectivity index is 2.02. The van der Waals surface area contributed by atoms with E-state index in [-0.39, 0.29) is 6.04 Å². The van der Waals surface area contributed by atoms with Crippen LogP contribution in [0, 0.1) is 6.92 Å². The molecule has 0 saturated heterocycles. The topological polar surface area (TPSA) is 47.0 Å². The minimum atomic E-state index is 0.0553. The average Bonchev–Trinajstić information content (AvgIpc) is 2.97. The number of ether oxygens (including phenoxy) is 1. The molecule has 1 atom stereocenters. The van der Waals surface area contributed by atoms with Crippen LogP contribution in [0.25, 0.3) is 0 Å². The number of fused-ring (bicyclic) bond motifs is 1. The van der Waals surface area contributed by atoms with Crippen molar-refractivity contribution in [3.05, 3.63) is 53.1 Å². The first-order valence-electron chi connectivity index (χ1n) is 7.57. The fraction of sp³-hybridized carbons (Fsp3) is 0.412. The molecule has 0 spiro atoms. The molecule has 1 aliphatic rings. The van der Waals surface area contributed by atoms with Gasteiger partial charge in [0.15, 0.2) is 0 Å². The van der Waals surface area contributed by atoms with Gasteiger partial charge in [0, 0.05) is 18.2 Å². The molecule has 0 bridgehead atoms. The Bertz CT molecular complexity index is 627. The largest absolute Gasteiger partial charge is 0.493 e. The SMILES string of the molecule is CCCNC(c1ccnc(C)n1)c1cccc2c1OCC2. The van der Waals surface area contributed by atoms with Gasteiger partial charge in [0.2, 0.25) is 0 Å². The molecular weight excluding hydrogens is 262 g/mol. The van der Waals surface area contributed by atoms with Crippen LogP contribution in [0.4, 0.5) is 0 Å². The van der Waals surface area contributed by atoms with Crippen LogP contribution in [0.2, 0.25) is 0 Å². The molecule has 21 heavy (non-hydrogen) atoms. The van der Waals surface area contributed by atoms with Crippen LogP contribution in [0.5, 0.6) is 5.75 Å². The molecule has 3 rings (SSSR count). The highest BCUT2D eigenvalue weighted by molar-refractivity contribution is 5.47. The van der Waals surface area contributed by atoms with Crippen molar-refractivity contribution in [1.82, 2.24) is 15.3 Å². The fourth-order valence-electron chi connectivity index (χ4n) is 2.77. The summed E-state index contributed by atoms with van der Waals surface area (Å²) in [6.45, 7) is 5.81. The fourth-order valence-corrected chi connectivity index (χ4v) is 2.77. The lowest BCUT2D eigenvalue weighted by Gasteiger charge is -2.21. The monoisotopic (exact) mass is 283 g/mol. The molecule has 0 fully saturated rings. The first kappa shape index (κ1) is 14.0. The molecule has 0 amide bonds. The predicted molar refractivity (Wildman–Crippen MR) is 82.5 cm³/mol. The number of aromatic nitrogens is 2. The number of rotatable bonds is 5. The van der Waals surface area contributed by atoms with Crippen LogP contribution in [-0.4, -0.2) is 23.1 Å². The van der Waals surface area contributed by atoms with Gasteiger partial charge in [-0.1, -0.05) is 25.1 Å². The lowest BCUT2D eigenvalue weighted by molar-refractivity contribution is 0.350. The molecule has 1 unspecified atom stereocenters. The smallest absolute Gasteiger partial charge is 0.127 e. The zero-order valence-corrected chi connectivity index (χ0v) is 12.6. The number of hydrogen-bond donors (Lipinski definition) is 1. The molecule has 110 valence electrons. The lowest BCUT2D eigenvalue weighted by Crippen LogP contribution is -2.25. The molecule has 0 radical (unpaired) electrons. The standard InChI is InChI=1S/C17H21N3O/c1-3-9-19-16(15-7-10-18-12(2)20-15)14-6-4-5-13-8-11-21-17(13)14/h4-7,10,16,19H,3,8-9,11H2,1-2H3. The summed E-state index contributed by atoms with van der Waals surface area (Å²) in [7, 11) is 0. The number of benzene rings is 1. The van der Waals surface area contributed by atoms with Crippen LogP contribution < -0.4 is 10.1 Å². The van der Waals surface area contributed by atoms with Gasteiger partial charge in [-0.05, 0) is 31.5 Å². The number of aryl methyl sites for hydroxylation is 1. The molecule has 0 saturated carbocycles. The van der Waals surface area contributed by atoms with Gasteiger partial charge >= 0.3 is 0 Å². The highest BCUT2D eigenvalue weighted by Gasteiger charge is 2.23. The van der Waals surface area contributed by atoms with Crippen LogP contribution in [0.1, 0.15) is 42.0 Å². The third-order valence-corrected chi connectivity index (χ3v) is 3.75. The lowest BCUT2D eigenvalue weighted by atomic mass is 9.99. The quantitative estimate of drug-likeness (QED) is 0.916. The second-order valence-electron chi connectivity index (χ2n) is 5.35. The van der Waals surface area contributed by atoms with Crippen molar-refractivity contribution < 1.29 is 4.74 Å². The Kier molecular flexibility index (Phi) is 4.15. The maximum Gasteiger partial charge on any atom is 0.127 e. The maximum atomic E-state index is 5.86. The Labute approximate surface area is 125 Å². The number of nitrogens with zero attached hydrogens (tertiary/aromatic N) is 2. The summed E-state index contributed by atoms with van der Waals surface area (Å²) in [5, 5.41) is 3.59. The van der Waals surface area contributed by atoms with E-state index in [1.165, 1.54) is 11.1 Å². The predicted octanol–water partition coefficient (Wildman–Crippen LogP) is 2.81. The van der Waals surface area contributed by atoms with E-state index >= 15 is 0 Å². The van der Waals surface area contributed by atoms with Crippen molar-refractivity contribution in [2.75, 3.05) is 13.2 Å². The minimum absolute atomic E-state index is 0.0553. The van der Waals surface area contributed by atoms with Gasteiger partial charge in [0.05, 0.1) is 18.3 Å². The van der Waals surface area contributed by atoms with Crippen LogP contribution >= 0.6 is 0 Å². The van der Waals surface area contributed by atoms with E-state index < -0.39 is 0 Å². The number of para-hydroxylation sites is 1. The molecule has 4 nitrogen and oxygen atoms in total. The van der Waals surface area contributed by atoms with E-state index in [0.29, 0.717) is 0 Å². The molecule has 1 aromatic heterocycles. The number of hydrogen-bond acceptors (Lipinski definition) is 4. The van der Waals surface area contributed by atoms with Gasteiger partial charge in [-0.25, -0.2) is 9.97 Å². The summed E-state index contributed by atoms with van der Waals surface area (Å²) in [6, 6.07) is 8.43. The second kappa shape index (κ2) is 6.22.